The number of nitrogens with zero attached hydrogens (tertiary/aromatic N) is 2. The average Bonchev–Trinajstić information content (AvgIpc) is 2.12. The van der Waals surface area contributed by atoms with Gasteiger partial charge < -0.3 is 10.2 Å². The van der Waals surface area contributed by atoms with E-state index >= 15 is 0 Å². The standard InChI is InChI=1S/C9H19N3/c1-11-5-6-12(2)9-7-10-4-3-8(9)11/h8-10H,3-7H2,1-2H3. The number of fused-ring (bicyclic) bond motifs is 1. The van der Waals surface area contributed by atoms with E-state index in [1.54, 1.807) is 0 Å². The summed E-state index contributed by atoms with van der Waals surface area (Å²) in [5, 5.41) is 3.47. The minimum absolute atomic E-state index is 0.748. The fourth-order valence-corrected chi connectivity index (χ4v) is 2.44. The molecular formula is C9H19N3. The maximum atomic E-state index is 3.47. The van der Waals surface area contributed by atoms with E-state index in [1.807, 2.05) is 0 Å². The van der Waals surface area contributed by atoms with Crippen molar-refractivity contribution in [3.8, 4) is 0 Å². The van der Waals surface area contributed by atoms with Crippen LogP contribution < -0.4 is 5.32 Å². The predicted molar refractivity (Wildman–Crippen MR) is 50.3 cm³/mol. The fourth-order valence-electron chi connectivity index (χ4n) is 2.44. The number of rotatable bonds is 0. The van der Waals surface area contributed by atoms with Crippen molar-refractivity contribution in [3.05, 3.63) is 0 Å². The van der Waals surface area contributed by atoms with Crippen molar-refractivity contribution < 1.29 is 0 Å². The Labute approximate surface area is 74.7 Å². The van der Waals surface area contributed by atoms with E-state index in [4.69, 9.17) is 0 Å². The van der Waals surface area contributed by atoms with E-state index in [-0.39, 0.29) is 0 Å². The van der Waals surface area contributed by atoms with Crippen molar-refractivity contribution in [3.63, 3.8) is 0 Å². The third-order valence-corrected chi connectivity index (χ3v) is 3.35. The van der Waals surface area contributed by atoms with Crippen LogP contribution in [-0.4, -0.2) is 62.2 Å². The summed E-state index contributed by atoms with van der Waals surface area (Å²) in [6.07, 6.45) is 1.31. The van der Waals surface area contributed by atoms with E-state index < -0.39 is 0 Å². The van der Waals surface area contributed by atoms with Crippen LogP contribution in [0, 0.1) is 0 Å². The Morgan fingerprint density at radius 3 is 2.42 bits per heavy atom. The lowest BCUT2D eigenvalue weighted by molar-refractivity contribution is 0.0342. The lowest BCUT2D eigenvalue weighted by atomic mass is 9.96. The van der Waals surface area contributed by atoms with Crippen LogP contribution >= 0.6 is 0 Å². The molecule has 2 rings (SSSR count). The van der Waals surface area contributed by atoms with Gasteiger partial charge in [0.05, 0.1) is 0 Å². The van der Waals surface area contributed by atoms with E-state index in [0.717, 1.165) is 12.1 Å². The van der Waals surface area contributed by atoms with Crippen LogP contribution in [0.3, 0.4) is 0 Å². The minimum atomic E-state index is 0.748. The monoisotopic (exact) mass is 169 g/mol. The number of piperidine rings is 1. The van der Waals surface area contributed by atoms with Crippen LogP contribution in [-0.2, 0) is 0 Å². The molecule has 2 atom stereocenters. The molecule has 3 heteroatoms. The minimum Gasteiger partial charge on any atom is -0.315 e. The van der Waals surface area contributed by atoms with Crippen molar-refractivity contribution in [2.75, 3.05) is 40.3 Å². The summed E-state index contributed by atoms with van der Waals surface area (Å²) in [6.45, 7) is 4.82. The quantitative estimate of drug-likeness (QED) is 0.532. The summed E-state index contributed by atoms with van der Waals surface area (Å²) in [7, 11) is 4.51. The third kappa shape index (κ3) is 1.37. The van der Waals surface area contributed by atoms with Crippen LogP contribution in [0.1, 0.15) is 6.42 Å². The summed E-state index contributed by atoms with van der Waals surface area (Å²) < 4.78 is 0. The summed E-state index contributed by atoms with van der Waals surface area (Å²) in [4.78, 5) is 5.02. The Hall–Kier alpha value is -0.120. The molecule has 0 saturated carbocycles. The second-order valence-corrected chi connectivity index (χ2v) is 4.09. The maximum Gasteiger partial charge on any atom is 0.0374 e. The Morgan fingerprint density at radius 1 is 1.08 bits per heavy atom. The normalized spacial score (nSPS) is 39.5. The van der Waals surface area contributed by atoms with Crippen molar-refractivity contribution >= 4 is 0 Å². The summed E-state index contributed by atoms with van der Waals surface area (Å²) in [5.74, 6) is 0. The predicted octanol–water partition coefficient (Wildman–Crippen LogP) is -0.406. The highest BCUT2D eigenvalue weighted by Gasteiger charge is 2.34. The first-order valence-corrected chi connectivity index (χ1v) is 4.90. The van der Waals surface area contributed by atoms with E-state index in [2.05, 4.69) is 29.2 Å². The molecule has 0 aromatic heterocycles. The first kappa shape index (κ1) is 8.48. The molecule has 12 heavy (non-hydrogen) atoms. The highest BCUT2D eigenvalue weighted by atomic mass is 15.3. The largest absolute Gasteiger partial charge is 0.315 e. The molecule has 0 aromatic rings. The molecule has 1 N–H and O–H groups in total. The number of nitrogens with one attached hydrogen (secondary N) is 1. The molecule has 3 nitrogen and oxygen atoms in total. The average molecular weight is 169 g/mol. The summed E-state index contributed by atoms with van der Waals surface area (Å²) in [6, 6.07) is 1.54. The van der Waals surface area contributed by atoms with Crippen molar-refractivity contribution in [1.82, 2.24) is 15.1 Å². The number of hydrogen-bond donors (Lipinski definition) is 1. The van der Waals surface area contributed by atoms with Gasteiger partial charge in [-0.15, -0.1) is 0 Å². The molecule has 2 aliphatic rings. The van der Waals surface area contributed by atoms with Gasteiger partial charge in [0.25, 0.3) is 0 Å². The van der Waals surface area contributed by atoms with Gasteiger partial charge in [-0.05, 0) is 27.1 Å². The molecule has 0 amide bonds. The summed E-state index contributed by atoms with van der Waals surface area (Å²) >= 11 is 0. The summed E-state index contributed by atoms with van der Waals surface area (Å²) in [5.41, 5.74) is 0. The van der Waals surface area contributed by atoms with Gasteiger partial charge in [0, 0.05) is 31.7 Å². The highest BCUT2D eigenvalue weighted by Crippen LogP contribution is 2.18. The lowest BCUT2D eigenvalue weighted by Crippen LogP contribution is -2.63. The first-order valence-electron chi connectivity index (χ1n) is 4.90. The van der Waals surface area contributed by atoms with Crippen molar-refractivity contribution in [2.24, 2.45) is 0 Å². The Kier molecular flexibility index (Phi) is 2.35. The molecule has 2 unspecified atom stereocenters. The molecule has 2 fully saturated rings. The SMILES string of the molecule is CN1CCN(C)C2CNCCC21. The van der Waals surface area contributed by atoms with Crippen LogP contribution in [0.5, 0.6) is 0 Å². The van der Waals surface area contributed by atoms with Gasteiger partial charge in [-0.2, -0.15) is 0 Å². The van der Waals surface area contributed by atoms with Gasteiger partial charge in [-0.3, -0.25) is 4.90 Å². The highest BCUT2D eigenvalue weighted by molar-refractivity contribution is 4.93. The van der Waals surface area contributed by atoms with Gasteiger partial charge in [0.1, 0.15) is 0 Å². The molecule has 0 radical (unpaired) electrons. The topological polar surface area (TPSA) is 18.5 Å². The van der Waals surface area contributed by atoms with Gasteiger partial charge >= 0.3 is 0 Å². The van der Waals surface area contributed by atoms with Crippen molar-refractivity contribution in [2.45, 2.75) is 18.5 Å². The van der Waals surface area contributed by atoms with Gasteiger partial charge in [-0.1, -0.05) is 0 Å². The molecule has 2 saturated heterocycles. The second kappa shape index (κ2) is 3.32. The molecule has 2 aliphatic heterocycles. The Balaban J connectivity index is 2.05. The third-order valence-electron chi connectivity index (χ3n) is 3.35. The van der Waals surface area contributed by atoms with E-state index in [1.165, 1.54) is 32.6 Å². The smallest absolute Gasteiger partial charge is 0.0374 e. The fraction of sp³-hybridized carbons (Fsp3) is 1.00. The molecular weight excluding hydrogens is 150 g/mol. The van der Waals surface area contributed by atoms with Crippen LogP contribution in [0.4, 0.5) is 0 Å². The Bertz CT molecular complexity index is 142. The zero-order chi connectivity index (χ0) is 8.55. The molecule has 70 valence electrons. The van der Waals surface area contributed by atoms with Gasteiger partial charge in [0.2, 0.25) is 0 Å². The van der Waals surface area contributed by atoms with Crippen LogP contribution in [0.2, 0.25) is 0 Å². The molecule has 0 bridgehead atoms. The lowest BCUT2D eigenvalue weighted by Gasteiger charge is -2.47. The maximum absolute atomic E-state index is 3.47. The number of likely N-dealkylation sites (N-methyl/N-ethyl adjacent to an activating group) is 2. The van der Waals surface area contributed by atoms with E-state index in [9.17, 15) is 0 Å². The first-order chi connectivity index (χ1) is 5.79. The van der Waals surface area contributed by atoms with Crippen molar-refractivity contribution in [1.29, 1.82) is 0 Å². The molecule has 0 spiro atoms. The number of piperazine rings is 1. The molecule has 2 heterocycles. The second-order valence-electron chi connectivity index (χ2n) is 4.09. The number of hydrogen-bond acceptors (Lipinski definition) is 3. The zero-order valence-electron chi connectivity index (χ0n) is 8.08. The molecule has 0 aliphatic carbocycles. The van der Waals surface area contributed by atoms with Crippen LogP contribution in [0.15, 0.2) is 0 Å². The molecule has 0 aromatic carbocycles. The Morgan fingerprint density at radius 2 is 1.75 bits per heavy atom. The zero-order valence-corrected chi connectivity index (χ0v) is 8.08. The van der Waals surface area contributed by atoms with Gasteiger partial charge in [0.15, 0.2) is 0 Å². The van der Waals surface area contributed by atoms with Crippen LogP contribution in [0.25, 0.3) is 0 Å². The van der Waals surface area contributed by atoms with Gasteiger partial charge in [-0.25, -0.2) is 0 Å². The van der Waals surface area contributed by atoms with E-state index in [0.29, 0.717) is 0 Å².